The molecule has 0 unspecified atom stereocenters. The summed E-state index contributed by atoms with van der Waals surface area (Å²) in [5.41, 5.74) is 11.7. The normalized spacial score (nSPS) is 13.6. The number of aromatic nitrogens is 1. The molecule has 1 heterocycles. The fraction of sp³-hybridized carbons (Fsp3) is 0.310. The summed E-state index contributed by atoms with van der Waals surface area (Å²) in [6.45, 7) is 20.8. The van der Waals surface area contributed by atoms with Gasteiger partial charge in [0.2, 0.25) is 0 Å². The molecule has 0 spiro atoms. The molecule has 0 saturated heterocycles. The van der Waals surface area contributed by atoms with Gasteiger partial charge in [-0.05, 0) is 82.6 Å². The standard InChI is InChI=1S/C31H21N2.C11H20O2.Ir/c1-18-6-11-24-25-14-15-33-31(27(25)13-12-26(24)30(18)32-2)23-16-21-9-7-19-4-3-5-20-8-10-22(17-23)29(21)28(19)20;1-10(2,3)8(12)7-9(13)11(4,5)6;/h3-6,11-16H,7-10H2,1H3;7,12H,1-6H3;/q-1;;/b;8-7-;. The molecule has 2 aliphatic rings. The molecule has 5 aromatic rings. The Bertz CT molecular complexity index is 2070. The van der Waals surface area contributed by atoms with Crippen LogP contribution in [0.4, 0.5) is 5.69 Å². The van der Waals surface area contributed by atoms with Crippen molar-refractivity contribution < 1.29 is 30.0 Å². The molecule has 0 saturated carbocycles. The van der Waals surface area contributed by atoms with E-state index in [4.69, 9.17) is 11.6 Å². The predicted octanol–water partition coefficient (Wildman–Crippen LogP) is 10.7. The van der Waals surface area contributed by atoms with Gasteiger partial charge in [0.25, 0.3) is 0 Å². The minimum atomic E-state index is -0.417. The molecule has 0 bridgehead atoms. The van der Waals surface area contributed by atoms with Crippen molar-refractivity contribution in [2.24, 2.45) is 10.8 Å². The van der Waals surface area contributed by atoms with Gasteiger partial charge in [-0.2, -0.15) is 0 Å². The molecule has 0 amide bonds. The van der Waals surface area contributed by atoms with Crippen molar-refractivity contribution in [2.75, 3.05) is 0 Å². The zero-order valence-electron chi connectivity index (χ0n) is 28.3. The molecule has 0 aliphatic heterocycles. The molecule has 1 aromatic heterocycles. The summed E-state index contributed by atoms with van der Waals surface area (Å²) < 4.78 is 0. The summed E-state index contributed by atoms with van der Waals surface area (Å²) in [5.74, 6) is 0.104. The van der Waals surface area contributed by atoms with Crippen LogP contribution in [0.1, 0.15) is 69.4 Å². The number of aryl methyl sites for hydroxylation is 5. The maximum absolute atomic E-state index is 11.5. The molecule has 4 nitrogen and oxygen atoms in total. The second-order valence-electron chi connectivity index (χ2n) is 14.7. The van der Waals surface area contributed by atoms with Crippen molar-refractivity contribution in [3.63, 3.8) is 0 Å². The third-order valence-electron chi connectivity index (χ3n) is 9.28. The maximum Gasteiger partial charge on any atom is 0.197 e. The number of allylic oxidation sites excluding steroid dienone is 2. The second-order valence-corrected chi connectivity index (χ2v) is 14.7. The van der Waals surface area contributed by atoms with E-state index in [1.165, 1.54) is 39.5 Å². The minimum absolute atomic E-state index is 0. The molecule has 4 aromatic carbocycles. The smallest absolute Gasteiger partial charge is 0.197 e. The number of ketones is 1. The summed E-state index contributed by atoms with van der Waals surface area (Å²) in [6.07, 6.45) is 7.53. The molecule has 5 heteroatoms. The van der Waals surface area contributed by atoms with E-state index in [-0.39, 0.29) is 37.1 Å². The molecule has 47 heavy (non-hydrogen) atoms. The van der Waals surface area contributed by atoms with Gasteiger partial charge in [-0.15, -0.1) is 28.8 Å². The first-order valence-electron chi connectivity index (χ1n) is 16.1. The average Bonchev–Trinajstić information content (AvgIpc) is 3.02. The predicted molar refractivity (Wildman–Crippen MR) is 189 cm³/mol. The first-order valence-corrected chi connectivity index (χ1v) is 16.1. The van der Waals surface area contributed by atoms with E-state index in [2.05, 4.69) is 65.5 Å². The van der Waals surface area contributed by atoms with Crippen molar-refractivity contribution in [1.82, 2.24) is 4.98 Å². The number of fused-ring (bicyclic) bond motifs is 3. The van der Waals surface area contributed by atoms with E-state index in [9.17, 15) is 9.90 Å². The van der Waals surface area contributed by atoms with Crippen LogP contribution in [0.25, 0.3) is 48.8 Å². The Morgan fingerprint density at radius 3 is 2.11 bits per heavy atom. The summed E-state index contributed by atoms with van der Waals surface area (Å²) in [5, 5.41) is 14.0. The minimum Gasteiger partial charge on any atom is -0.512 e. The molecule has 2 aliphatic carbocycles. The SMILES string of the molecule is CC(C)(C)C(=O)/C=C(\O)C(C)(C)C.[C-]#[N+]c1c(C)ccc2c1ccc1c(-c3[c-]c4c5c(c3)CCc3cccc(c3-5)CC4)nccc12.[Ir]. The van der Waals surface area contributed by atoms with Gasteiger partial charge < -0.3 is 10.1 Å². The van der Waals surface area contributed by atoms with Crippen molar-refractivity contribution in [3.05, 3.63) is 118 Å². The third kappa shape index (κ3) is 6.42. The number of carbonyl (C=O) groups excluding carboxylic acids is 1. The zero-order valence-corrected chi connectivity index (χ0v) is 30.7. The number of hydrogen-bond acceptors (Lipinski definition) is 3. The third-order valence-corrected chi connectivity index (χ3v) is 9.28. The number of benzene rings is 4. The van der Waals surface area contributed by atoms with Gasteiger partial charge in [0.1, 0.15) is 5.76 Å². The molecule has 0 atom stereocenters. The van der Waals surface area contributed by atoms with Crippen LogP contribution in [0, 0.1) is 30.4 Å². The van der Waals surface area contributed by atoms with Crippen LogP contribution in [-0.2, 0) is 50.6 Å². The van der Waals surface area contributed by atoms with Crippen LogP contribution in [0.2, 0.25) is 0 Å². The zero-order chi connectivity index (χ0) is 33.0. The molecule has 7 rings (SSSR count). The van der Waals surface area contributed by atoms with Crippen molar-refractivity contribution in [1.29, 1.82) is 0 Å². The van der Waals surface area contributed by atoms with E-state index >= 15 is 0 Å². The van der Waals surface area contributed by atoms with E-state index in [1.807, 2.05) is 54.7 Å². The number of hydrogen-bond donors (Lipinski definition) is 1. The monoisotopic (exact) mass is 798 g/mol. The summed E-state index contributed by atoms with van der Waals surface area (Å²) >= 11 is 0. The molecule has 241 valence electrons. The number of pyridine rings is 1. The number of nitrogens with zero attached hydrogens (tertiary/aromatic N) is 2. The Morgan fingerprint density at radius 1 is 0.830 bits per heavy atom. The second kappa shape index (κ2) is 12.8. The van der Waals surface area contributed by atoms with Gasteiger partial charge in [0, 0.05) is 43.2 Å². The van der Waals surface area contributed by atoms with Gasteiger partial charge in [-0.1, -0.05) is 95.1 Å². The average molecular weight is 798 g/mol. The molecular formula is C42H41IrN2O2-. The Balaban J connectivity index is 0.000000267. The van der Waals surface area contributed by atoms with Gasteiger partial charge >= 0.3 is 0 Å². The van der Waals surface area contributed by atoms with E-state index in [1.54, 1.807) is 0 Å². The largest absolute Gasteiger partial charge is 0.512 e. The Kier molecular flexibility index (Phi) is 9.35. The Labute approximate surface area is 292 Å². The van der Waals surface area contributed by atoms with Crippen LogP contribution >= 0.6 is 0 Å². The van der Waals surface area contributed by atoms with Gasteiger partial charge in [-0.3, -0.25) is 4.79 Å². The first kappa shape index (κ1) is 34.2. The Hall–Kier alpha value is -4.10. The number of carbonyl (C=O) groups is 1. The first-order chi connectivity index (χ1) is 21.8. The number of aliphatic hydroxyl groups is 1. The van der Waals surface area contributed by atoms with Gasteiger partial charge in [0.05, 0.1) is 6.57 Å². The van der Waals surface area contributed by atoms with E-state index in [0.717, 1.165) is 69.7 Å². The summed E-state index contributed by atoms with van der Waals surface area (Å²) in [6, 6.07) is 23.4. The fourth-order valence-electron chi connectivity index (χ4n) is 6.53. The summed E-state index contributed by atoms with van der Waals surface area (Å²) in [7, 11) is 0. The van der Waals surface area contributed by atoms with Gasteiger partial charge in [-0.25, -0.2) is 4.85 Å². The van der Waals surface area contributed by atoms with Crippen LogP contribution in [0.3, 0.4) is 0 Å². The molecular weight excluding hydrogens is 757 g/mol. The fourth-order valence-corrected chi connectivity index (χ4v) is 6.53. The van der Waals surface area contributed by atoms with Crippen molar-refractivity contribution in [2.45, 2.75) is 74.1 Å². The molecule has 1 N–H and O–H groups in total. The quantitative estimate of drug-likeness (QED) is 0.0838. The van der Waals surface area contributed by atoms with Crippen LogP contribution in [-0.4, -0.2) is 15.9 Å². The van der Waals surface area contributed by atoms with E-state index < -0.39 is 5.41 Å². The number of rotatable bonds is 2. The van der Waals surface area contributed by atoms with Crippen LogP contribution in [0.5, 0.6) is 0 Å². The maximum atomic E-state index is 11.5. The van der Waals surface area contributed by atoms with Gasteiger partial charge in [0.15, 0.2) is 11.5 Å². The van der Waals surface area contributed by atoms with Crippen molar-refractivity contribution >= 4 is 33.0 Å². The number of aliphatic hydroxyl groups excluding tert-OH is 1. The molecule has 1 radical (unpaired) electrons. The van der Waals surface area contributed by atoms with E-state index in [0.29, 0.717) is 0 Å². The van der Waals surface area contributed by atoms with Crippen molar-refractivity contribution in [3.8, 4) is 22.4 Å². The summed E-state index contributed by atoms with van der Waals surface area (Å²) in [4.78, 5) is 20.1. The van der Waals surface area contributed by atoms with Crippen LogP contribution < -0.4 is 0 Å². The molecule has 0 fully saturated rings. The van der Waals surface area contributed by atoms with Crippen LogP contribution in [0.15, 0.2) is 72.6 Å². The topological polar surface area (TPSA) is 54.5 Å². The Morgan fingerprint density at radius 2 is 1.45 bits per heavy atom.